The van der Waals surface area contributed by atoms with E-state index < -0.39 is 0 Å². The number of nitrogens with zero attached hydrogens (tertiary/aromatic N) is 2. The lowest BCUT2D eigenvalue weighted by atomic mass is 10.1. The lowest BCUT2D eigenvalue weighted by Gasteiger charge is -2.32. The summed E-state index contributed by atoms with van der Waals surface area (Å²) in [5.74, 6) is -0.0841. The molecule has 1 aromatic heterocycles. The number of hydrogen-bond acceptors (Lipinski definition) is 4. The molecular formula is C18H22FN3OS. The van der Waals surface area contributed by atoms with Crippen molar-refractivity contribution in [3.63, 3.8) is 0 Å². The second kappa shape index (κ2) is 7.85. The summed E-state index contributed by atoms with van der Waals surface area (Å²) >= 11 is 1.55. The molecule has 0 aliphatic carbocycles. The van der Waals surface area contributed by atoms with Crippen molar-refractivity contribution in [3.8, 4) is 0 Å². The van der Waals surface area contributed by atoms with Crippen LogP contribution in [0.25, 0.3) is 0 Å². The molecule has 2 heterocycles. The number of amides is 1. The Morgan fingerprint density at radius 1 is 1.42 bits per heavy atom. The summed E-state index contributed by atoms with van der Waals surface area (Å²) in [6.07, 6.45) is 3.20. The summed E-state index contributed by atoms with van der Waals surface area (Å²) in [6.45, 7) is 1.62. The van der Waals surface area contributed by atoms with Crippen LogP contribution in [0.1, 0.15) is 29.1 Å². The minimum absolute atomic E-state index is 0.147. The zero-order valence-electron chi connectivity index (χ0n) is 13.8. The molecule has 1 aliphatic heterocycles. The van der Waals surface area contributed by atoms with Crippen LogP contribution in [0.3, 0.4) is 0 Å². The number of benzene rings is 1. The molecule has 0 spiro atoms. The average Bonchev–Trinajstić information content (AvgIpc) is 3.04. The van der Waals surface area contributed by atoms with Gasteiger partial charge >= 0.3 is 0 Å². The van der Waals surface area contributed by atoms with Gasteiger partial charge in [0.1, 0.15) is 5.82 Å². The molecule has 0 bridgehead atoms. The van der Waals surface area contributed by atoms with Crippen LogP contribution in [0.2, 0.25) is 0 Å². The number of likely N-dealkylation sites (N-methyl/N-ethyl adjacent to an activating group) is 1. The first-order valence-electron chi connectivity index (χ1n) is 8.27. The van der Waals surface area contributed by atoms with Crippen LogP contribution in [0.4, 0.5) is 4.39 Å². The van der Waals surface area contributed by atoms with Crippen LogP contribution in [-0.2, 0) is 17.6 Å². The number of aromatic nitrogens is 1. The molecule has 1 unspecified atom stereocenters. The third-order valence-electron chi connectivity index (χ3n) is 4.38. The molecule has 0 saturated carbocycles. The molecule has 1 saturated heterocycles. The lowest BCUT2D eigenvalue weighted by molar-refractivity contribution is -0.131. The molecule has 1 atom stereocenters. The largest absolute Gasteiger partial charge is 0.341 e. The molecule has 1 amide bonds. The summed E-state index contributed by atoms with van der Waals surface area (Å²) in [6, 6.07) is 6.86. The van der Waals surface area contributed by atoms with Gasteiger partial charge in [0.05, 0.1) is 17.1 Å². The predicted octanol–water partition coefficient (Wildman–Crippen LogP) is 2.63. The SMILES string of the molecule is CNC1CCCN(C(=O)Cc2csc(Cc3ccc(F)cc3)n2)C1. The highest BCUT2D eigenvalue weighted by Crippen LogP contribution is 2.17. The van der Waals surface area contributed by atoms with Crippen molar-refractivity contribution in [3.05, 3.63) is 51.7 Å². The van der Waals surface area contributed by atoms with Crippen molar-refractivity contribution < 1.29 is 9.18 Å². The Labute approximate surface area is 145 Å². The Morgan fingerprint density at radius 2 is 2.21 bits per heavy atom. The average molecular weight is 347 g/mol. The zero-order valence-corrected chi connectivity index (χ0v) is 14.6. The van der Waals surface area contributed by atoms with Gasteiger partial charge in [0.15, 0.2) is 0 Å². The Kier molecular flexibility index (Phi) is 5.58. The topological polar surface area (TPSA) is 45.2 Å². The number of likely N-dealkylation sites (tertiary alicyclic amines) is 1. The van der Waals surface area contributed by atoms with Gasteiger partial charge < -0.3 is 10.2 Å². The number of piperidine rings is 1. The Morgan fingerprint density at radius 3 is 2.96 bits per heavy atom. The monoisotopic (exact) mass is 347 g/mol. The van der Waals surface area contributed by atoms with Crippen molar-refractivity contribution in [1.29, 1.82) is 0 Å². The molecule has 1 aromatic carbocycles. The number of carbonyl (C=O) groups is 1. The van der Waals surface area contributed by atoms with E-state index in [9.17, 15) is 9.18 Å². The van der Waals surface area contributed by atoms with Crippen LogP contribution in [0.5, 0.6) is 0 Å². The molecule has 1 fully saturated rings. The first-order chi connectivity index (χ1) is 11.6. The molecule has 1 N–H and O–H groups in total. The molecule has 3 rings (SSSR count). The number of rotatable bonds is 5. The Hall–Kier alpha value is -1.79. The van der Waals surface area contributed by atoms with E-state index in [1.807, 2.05) is 17.3 Å². The van der Waals surface area contributed by atoms with E-state index >= 15 is 0 Å². The van der Waals surface area contributed by atoms with Gasteiger partial charge in [0, 0.05) is 30.9 Å². The fourth-order valence-electron chi connectivity index (χ4n) is 2.99. The molecule has 4 nitrogen and oxygen atoms in total. The first kappa shape index (κ1) is 17.0. The van der Waals surface area contributed by atoms with E-state index in [0.29, 0.717) is 18.9 Å². The number of carbonyl (C=O) groups excluding carboxylic acids is 1. The number of halogens is 1. The number of nitrogens with one attached hydrogen (secondary N) is 1. The predicted molar refractivity (Wildman–Crippen MR) is 93.7 cm³/mol. The van der Waals surface area contributed by atoms with E-state index in [1.54, 1.807) is 23.5 Å². The highest BCUT2D eigenvalue weighted by molar-refractivity contribution is 7.09. The van der Waals surface area contributed by atoms with Crippen LogP contribution >= 0.6 is 11.3 Å². The molecule has 6 heteroatoms. The molecular weight excluding hydrogens is 325 g/mol. The van der Waals surface area contributed by atoms with Crippen LogP contribution in [0, 0.1) is 5.82 Å². The van der Waals surface area contributed by atoms with E-state index in [1.165, 1.54) is 12.1 Å². The minimum atomic E-state index is -0.231. The second-order valence-corrected chi connectivity index (χ2v) is 7.12. The van der Waals surface area contributed by atoms with Crippen molar-refractivity contribution in [1.82, 2.24) is 15.2 Å². The summed E-state index contributed by atoms with van der Waals surface area (Å²) in [5, 5.41) is 6.16. The van der Waals surface area contributed by atoms with Gasteiger partial charge in [0.2, 0.25) is 5.91 Å². The van der Waals surface area contributed by atoms with Crippen molar-refractivity contribution in [2.75, 3.05) is 20.1 Å². The minimum Gasteiger partial charge on any atom is -0.341 e. The summed E-state index contributed by atoms with van der Waals surface area (Å²) < 4.78 is 12.9. The number of hydrogen-bond donors (Lipinski definition) is 1. The quantitative estimate of drug-likeness (QED) is 0.904. The third kappa shape index (κ3) is 4.39. The van der Waals surface area contributed by atoms with E-state index in [0.717, 1.165) is 42.2 Å². The maximum absolute atomic E-state index is 12.9. The van der Waals surface area contributed by atoms with Crippen LogP contribution in [-0.4, -0.2) is 42.0 Å². The molecule has 0 radical (unpaired) electrons. The van der Waals surface area contributed by atoms with Gasteiger partial charge in [-0.15, -0.1) is 11.3 Å². The van der Waals surface area contributed by atoms with E-state index in [2.05, 4.69) is 10.3 Å². The third-order valence-corrected chi connectivity index (χ3v) is 5.28. The molecule has 2 aromatic rings. The maximum atomic E-state index is 12.9. The van der Waals surface area contributed by atoms with Gasteiger partial charge in [-0.3, -0.25) is 4.79 Å². The standard InChI is InChI=1S/C18H22FN3OS/c1-20-15-3-2-8-22(11-15)18(23)10-16-12-24-17(21-16)9-13-4-6-14(19)7-5-13/h4-7,12,15,20H,2-3,8-11H2,1H3. The fourth-order valence-corrected chi connectivity index (χ4v) is 3.82. The van der Waals surface area contributed by atoms with Gasteiger partial charge in [0.25, 0.3) is 0 Å². The summed E-state index contributed by atoms with van der Waals surface area (Å²) in [7, 11) is 1.95. The molecule has 1 aliphatic rings. The number of thiazole rings is 1. The fraction of sp³-hybridized carbons (Fsp3) is 0.444. The van der Waals surface area contributed by atoms with E-state index in [-0.39, 0.29) is 11.7 Å². The second-order valence-electron chi connectivity index (χ2n) is 6.18. The smallest absolute Gasteiger partial charge is 0.228 e. The normalized spacial score (nSPS) is 17.9. The van der Waals surface area contributed by atoms with Crippen molar-refractivity contribution >= 4 is 17.2 Å². The van der Waals surface area contributed by atoms with Crippen molar-refractivity contribution in [2.45, 2.75) is 31.7 Å². The zero-order chi connectivity index (χ0) is 16.9. The summed E-state index contributed by atoms with van der Waals surface area (Å²) in [5.41, 5.74) is 1.85. The highest BCUT2D eigenvalue weighted by atomic mass is 32.1. The molecule has 128 valence electrons. The van der Waals surface area contributed by atoms with Gasteiger partial charge in [-0.05, 0) is 37.6 Å². The van der Waals surface area contributed by atoms with E-state index in [4.69, 9.17) is 0 Å². The van der Waals surface area contributed by atoms with Crippen LogP contribution in [0.15, 0.2) is 29.6 Å². The van der Waals surface area contributed by atoms with Crippen molar-refractivity contribution in [2.24, 2.45) is 0 Å². The van der Waals surface area contributed by atoms with Gasteiger partial charge in [-0.25, -0.2) is 9.37 Å². The van der Waals surface area contributed by atoms with Crippen LogP contribution < -0.4 is 5.32 Å². The Bertz CT molecular complexity index is 686. The van der Waals surface area contributed by atoms with Gasteiger partial charge in [-0.1, -0.05) is 12.1 Å². The maximum Gasteiger partial charge on any atom is 0.228 e. The highest BCUT2D eigenvalue weighted by Gasteiger charge is 2.23. The Balaban J connectivity index is 1.57. The first-order valence-corrected chi connectivity index (χ1v) is 9.15. The van der Waals surface area contributed by atoms with Gasteiger partial charge in [-0.2, -0.15) is 0 Å². The lowest BCUT2D eigenvalue weighted by Crippen LogP contribution is -2.47. The summed E-state index contributed by atoms with van der Waals surface area (Å²) in [4.78, 5) is 19.0. The molecule has 24 heavy (non-hydrogen) atoms.